The summed E-state index contributed by atoms with van der Waals surface area (Å²) in [6, 6.07) is 0. The Hall–Kier alpha value is -0.420. The van der Waals surface area contributed by atoms with Crippen LogP contribution in [0.2, 0.25) is 0 Å². The third-order valence-electron chi connectivity index (χ3n) is 1.83. The van der Waals surface area contributed by atoms with Gasteiger partial charge in [0.05, 0.1) is 6.61 Å². The second-order valence-corrected chi connectivity index (χ2v) is 3.41. The Bertz CT molecular complexity index is 189. The molecule has 0 aromatic carbocycles. The highest BCUT2D eigenvalue weighted by Gasteiger charge is 2.35. The van der Waals surface area contributed by atoms with Crippen LogP contribution in [-0.2, 0) is 9.53 Å². The van der Waals surface area contributed by atoms with Gasteiger partial charge in [-0.15, -0.1) is 0 Å². The fraction of sp³-hybridized carbons (Fsp3) is 0.857. The smallest absolute Gasteiger partial charge is 0.381 e. The Kier molecular flexibility index (Phi) is 3.44. The van der Waals surface area contributed by atoms with Gasteiger partial charge < -0.3 is 10.1 Å². The largest absolute Gasteiger partial charge is 0.399 e. The van der Waals surface area contributed by atoms with Gasteiger partial charge in [-0.2, -0.15) is 8.78 Å². The first-order valence-corrected chi connectivity index (χ1v) is 4.30. The normalized spacial score (nSPS) is 23.2. The molecule has 1 aliphatic rings. The predicted molar refractivity (Wildman–Crippen MR) is 42.7 cm³/mol. The molecule has 3 nitrogen and oxygen atoms in total. The summed E-state index contributed by atoms with van der Waals surface area (Å²) in [5.41, 5.74) is 0. The van der Waals surface area contributed by atoms with Gasteiger partial charge in [-0.1, -0.05) is 0 Å². The molecular weight excluding hydrogens is 204 g/mol. The topological polar surface area (TPSA) is 38.3 Å². The lowest BCUT2D eigenvalue weighted by atomic mass is 10.1. The Balaban J connectivity index is 2.22. The summed E-state index contributed by atoms with van der Waals surface area (Å²) < 4.78 is 29.2. The van der Waals surface area contributed by atoms with E-state index >= 15 is 0 Å². The third kappa shape index (κ3) is 3.44. The van der Waals surface area contributed by atoms with E-state index in [9.17, 15) is 13.6 Å². The van der Waals surface area contributed by atoms with Crippen LogP contribution in [0.15, 0.2) is 0 Å². The van der Waals surface area contributed by atoms with Crippen molar-refractivity contribution in [2.45, 2.75) is 11.8 Å². The first kappa shape index (κ1) is 10.7. The van der Waals surface area contributed by atoms with E-state index in [0.717, 1.165) is 6.42 Å². The molecule has 0 spiro atoms. The SMILES string of the molecule is O=C(NCC1CCOC1)C(F)(F)Cl. The number of hydrogen-bond donors (Lipinski definition) is 1. The van der Waals surface area contributed by atoms with Gasteiger partial charge in [-0.3, -0.25) is 4.79 Å². The lowest BCUT2D eigenvalue weighted by Gasteiger charge is -2.11. The van der Waals surface area contributed by atoms with Crippen molar-refractivity contribution < 1.29 is 18.3 Å². The van der Waals surface area contributed by atoms with Crippen molar-refractivity contribution in [2.75, 3.05) is 19.8 Å². The summed E-state index contributed by atoms with van der Waals surface area (Å²) in [6.07, 6.45) is 0.786. The van der Waals surface area contributed by atoms with Crippen molar-refractivity contribution in [1.82, 2.24) is 5.32 Å². The van der Waals surface area contributed by atoms with Gasteiger partial charge in [-0.05, 0) is 18.0 Å². The maximum atomic E-state index is 12.1. The average molecular weight is 214 g/mol. The number of hydrogen-bond acceptors (Lipinski definition) is 2. The molecule has 13 heavy (non-hydrogen) atoms. The van der Waals surface area contributed by atoms with Crippen LogP contribution in [0.25, 0.3) is 0 Å². The van der Waals surface area contributed by atoms with E-state index in [4.69, 9.17) is 4.74 Å². The van der Waals surface area contributed by atoms with E-state index in [1.165, 1.54) is 0 Å². The zero-order valence-corrected chi connectivity index (χ0v) is 7.61. The van der Waals surface area contributed by atoms with Gasteiger partial charge in [0.2, 0.25) is 0 Å². The van der Waals surface area contributed by atoms with Crippen molar-refractivity contribution in [2.24, 2.45) is 5.92 Å². The molecule has 1 heterocycles. The second kappa shape index (κ2) is 4.19. The maximum absolute atomic E-state index is 12.1. The number of ether oxygens (including phenoxy) is 1. The first-order chi connectivity index (χ1) is 6.00. The number of rotatable bonds is 3. The van der Waals surface area contributed by atoms with Gasteiger partial charge in [0.1, 0.15) is 0 Å². The highest BCUT2D eigenvalue weighted by atomic mass is 35.5. The Morgan fingerprint density at radius 3 is 2.85 bits per heavy atom. The summed E-state index contributed by atoms with van der Waals surface area (Å²) in [5, 5.41) is -1.74. The van der Waals surface area contributed by atoms with Crippen molar-refractivity contribution >= 4 is 17.5 Å². The standard InChI is InChI=1S/C7H10ClF2NO2/c8-7(9,10)6(12)11-3-5-1-2-13-4-5/h5H,1-4H2,(H,11,12). The molecule has 1 rings (SSSR count). The van der Waals surface area contributed by atoms with Crippen molar-refractivity contribution in [3.05, 3.63) is 0 Å². The van der Waals surface area contributed by atoms with Crippen LogP contribution >= 0.6 is 11.6 Å². The number of amides is 1. The molecular formula is C7H10ClF2NO2. The fourth-order valence-electron chi connectivity index (χ4n) is 1.08. The van der Waals surface area contributed by atoms with Gasteiger partial charge in [0, 0.05) is 19.1 Å². The zero-order valence-electron chi connectivity index (χ0n) is 6.86. The molecule has 0 radical (unpaired) electrons. The van der Waals surface area contributed by atoms with Crippen LogP contribution in [0, 0.1) is 5.92 Å². The average Bonchev–Trinajstić information content (AvgIpc) is 2.50. The Morgan fingerprint density at radius 1 is 1.69 bits per heavy atom. The number of carbonyl (C=O) groups is 1. The van der Waals surface area contributed by atoms with Gasteiger partial charge in [0.25, 0.3) is 0 Å². The van der Waals surface area contributed by atoms with Gasteiger partial charge >= 0.3 is 11.3 Å². The van der Waals surface area contributed by atoms with E-state index in [2.05, 4.69) is 16.9 Å². The maximum Gasteiger partial charge on any atom is 0.399 e. The first-order valence-electron chi connectivity index (χ1n) is 3.93. The van der Waals surface area contributed by atoms with E-state index < -0.39 is 11.3 Å². The highest BCUT2D eigenvalue weighted by Crippen LogP contribution is 2.19. The molecule has 0 saturated carbocycles. The van der Waals surface area contributed by atoms with Gasteiger partial charge in [0.15, 0.2) is 0 Å². The van der Waals surface area contributed by atoms with Crippen LogP contribution in [0.5, 0.6) is 0 Å². The number of carbonyl (C=O) groups excluding carboxylic acids is 1. The van der Waals surface area contributed by atoms with Crippen LogP contribution in [0.4, 0.5) is 8.78 Å². The zero-order chi connectivity index (χ0) is 9.90. The molecule has 0 aliphatic carbocycles. The molecule has 1 N–H and O–H groups in total. The molecule has 1 unspecified atom stereocenters. The van der Waals surface area contributed by atoms with E-state index in [0.29, 0.717) is 13.2 Å². The van der Waals surface area contributed by atoms with E-state index in [-0.39, 0.29) is 12.5 Å². The van der Waals surface area contributed by atoms with Crippen molar-refractivity contribution in [3.63, 3.8) is 0 Å². The molecule has 1 aliphatic heterocycles. The van der Waals surface area contributed by atoms with Crippen LogP contribution < -0.4 is 5.32 Å². The summed E-state index contributed by atoms with van der Waals surface area (Å²) in [5.74, 6) is -1.32. The Labute approximate surface area is 79.4 Å². The number of alkyl halides is 3. The lowest BCUT2D eigenvalue weighted by Crippen LogP contribution is -2.38. The van der Waals surface area contributed by atoms with Crippen molar-refractivity contribution in [1.29, 1.82) is 0 Å². The fourth-order valence-corrected chi connectivity index (χ4v) is 1.15. The molecule has 1 atom stereocenters. The minimum Gasteiger partial charge on any atom is -0.381 e. The number of halogens is 3. The molecule has 1 amide bonds. The molecule has 1 fully saturated rings. The molecule has 0 aromatic heterocycles. The molecule has 1 saturated heterocycles. The molecule has 76 valence electrons. The van der Waals surface area contributed by atoms with Crippen LogP contribution in [-0.4, -0.2) is 31.0 Å². The summed E-state index contributed by atoms with van der Waals surface area (Å²) in [7, 11) is 0. The molecule has 0 bridgehead atoms. The predicted octanol–water partition coefficient (Wildman–Crippen LogP) is 0.971. The minimum absolute atomic E-state index is 0.128. The van der Waals surface area contributed by atoms with Gasteiger partial charge in [-0.25, -0.2) is 0 Å². The monoisotopic (exact) mass is 213 g/mol. The Morgan fingerprint density at radius 2 is 2.38 bits per heavy atom. The van der Waals surface area contributed by atoms with Crippen LogP contribution in [0.3, 0.4) is 0 Å². The van der Waals surface area contributed by atoms with E-state index in [1.807, 2.05) is 0 Å². The van der Waals surface area contributed by atoms with Crippen LogP contribution in [0.1, 0.15) is 6.42 Å². The molecule has 6 heteroatoms. The minimum atomic E-state index is -3.81. The summed E-state index contributed by atoms with van der Waals surface area (Å²) in [4.78, 5) is 10.6. The summed E-state index contributed by atoms with van der Waals surface area (Å²) >= 11 is 4.49. The lowest BCUT2D eigenvalue weighted by molar-refractivity contribution is -0.135. The highest BCUT2D eigenvalue weighted by molar-refractivity contribution is 6.32. The number of nitrogens with one attached hydrogen (secondary N) is 1. The summed E-state index contributed by atoms with van der Waals surface area (Å²) in [6.45, 7) is 1.33. The van der Waals surface area contributed by atoms with E-state index in [1.54, 1.807) is 0 Å². The van der Waals surface area contributed by atoms with Crippen molar-refractivity contribution in [3.8, 4) is 0 Å². The molecule has 0 aromatic rings. The third-order valence-corrected chi connectivity index (χ3v) is 2.00. The second-order valence-electron chi connectivity index (χ2n) is 2.94. The quantitative estimate of drug-likeness (QED) is 0.710.